The molecule has 0 bridgehead atoms. The first-order valence-electron chi connectivity index (χ1n) is 8.17. The van der Waals surface area contributed by atoms with Crippen molar-refractivity contribution in [2.75, 3.05) is 25.8 Å². The molecule has 0 fully saturated rings. The summed E-state index contributed by atoms with van der Waals surface area (Å²) in [5.74, 6) is 0.782. The lowest BCUT2D eigenvalue weighted by Crippen LogP contribution is -2.15. The molecule has 3 aromatic rings. The number of thioether (sulfide) groups is 1. The van der Waals surface area contributed by atoms with Crippen molar-refractivity contribution in [2.24, 2.45) is 0 Å². The molecule has 0 aliphatic heterocycles. The third-order valence-electron chi connectivity index (χ3n) is 4.06. The Kier molecular flexibility index (Phi) is 5.66. The third kappa shape index (κ3) is 3.90. The highest BCUT2D eigenvalue weighted by atomic mass is 32.2. The van der Waals surface area contributed by atoms with E-state index in [1.165, 1.54) is 7.11 Å². The van der Waals surface area contributed by atoms with Crippen molar-refractivity contribution in [2.45, 2.75) is 11.8 Å². The summed E-state index contributed by atoms with van der Waals surface area (Å²) < 4.78 is 12.1. The molecule has 3 rings (SSSR count). The molecule has 0 aliphatic rings. The molecule has 0 saturated heterocycles. The smallest absolute Gasteiger partial charge is 0.278 e. The molecule has 0 spiro atoms. The van der Waals surface area contributed by atoms with Gasteiger partial charge in [0.05, 0.1) is 31.3 Å². The molecule has 1 aromatic heterocycles. The number of carbonyl (C=O) groups is 1. The molecule has 8 heteroatoms. The fourth-order valence-corrected chi connectivity index (χ4v) is 3.06. The number of nitrogens with one attached hydrogen (secondary N) is 1. The Morgan fingerprint density at radius 3 is 2.67 bits per heavy atom. The molecule has 0 saturated carbocycles. The number of aromatic nitrogens is 3. The summed E-state index contributed by atoms with van der Waals surface area (Å²) in [7, 11) is 3.10. The van der Waals surface area contributed by atoms with Crippen LogP contribution < -0.4 is 14.8 Å². The number of methoxy groups -OCH3 is 2. The van der Waals surface area contributed by atoms with Gasteiger partial charge < -0.3 is 14.8 Å². The van der Waals surface area contributed by atoms with Gasteiger partial charge in [-0.2, -0.15) is 0 Å². The van der Waals surface area contributed by atoms with Crippen LogP contribution in [0, 0.1) is 6.92 Å². The van der Waals surface area contributed by atoms with E-state index in [1.807, 2.05) is 37.4 Å². The Bertz CT molecular complexity index is 971. The summed E-state index contributed by atoms with van der Waals surface area (Å²) in [6.07, 6.45) is 2.01. The van der Waals surface area contributed by atoms with Crippen molar-refractivity contribution in [3.05, 3.63) is 53.9 Å². The number of benzene rings is 2. The van der Waals surface area contributed by atoms with Crippen molar-refractivity contribution >= 4 is 23.4 Å². The van der Waals surface area contributed by atoms with Gasteiger partial charge in [-0.3, -0.25) is 4.79 Å². The molecule has 140 valence electrons. The lowest BCUT2D eigenvalue weighted by Gasteiger charge is -2.11. The number of carbonyl (C=O) groups excluding carboxylic acids is 1. The average Bonchev–Trinajstić information content (AvgIpc) is 3.09. The number of rotatable bonds is 6. The zero-order chi connectivity index (χ0) is 19.4. The fourth-order valence-electron chi connectivity index (χ4n) is 2.61. The molecule has 0 radical (unpaired) electrons. The minimum atomic E-state index is -0.358. The highest BCUT2D eigenvalue weighted by Crippen LogP contribution is 2.29. The summed E-state index contributed by atoms with van der Waals surface area (Å²) in [4.78, 5) is 13.8. The predicted octanol–water partition coefficient (Wildman–Crippen LogP) is 3.57. The van der Waals surface area contributed by atoms with E-state index in [0.29, 0.717) is 22.9 Å². The first-order valence-corrected chi connectivity index (χ1v) is 9.40. The molecular formula is C19H20N4O3S. The van der Waals surface area contributed by atoms with Crippen molar-refractivity contribution < 1.29 is 14.3 Å². The molecule has 0 aliphatic carbocycles. The van der Waals surface area contributed by atoms with Crippen LogP contribution in [-0.4, -0.2) is 41.4 Å². The van der Waals surface area contributed by atoms with E-state index in [4.69, 9.17) is 9.47 Å². The van der Waals surface area contributed by atoms with Crippen LogP contribution in [0.25, 0.3) is 5.69 Å². The normalized spacial score (nSPS) is 10.5. The number of hydrogen-bond donors (Lipinski definition) is 1. The first kappa shape index (κ1) is 18.8. The van der Waals surface area contributed by atoms with Crippen LogP contribution in [0.4, 0.5) is 5.69 Å². The minimum absolute atomic E-state index is 0.252. The monoisotopic (exact) mass is 384 g/mol. The molecule has 1 heterocycles. The van der Waals surface area contributed by atoms with Crippen LogP contribution in [0.5, 0.6) is 11.5 Å². The van der Waals surface area contributed by atoms with E-state index < -0.39 is 0 Å². The second kappa shape index (κ2) is 8.13. The Morgan fingerprint density at radius 2 is 1.96 bits per heavy atom. The lowest BCUT2D eigenvalue weighted by atomic mass is 10.2. The Hall–Kier alpha value is -3.00. The highest BCUT2D eigenvalue weighted by Gasteiger charge is 2.19. The molecule has 2 aromatic carbocycles. The van der Waals surface area contributed by atoms with Gasteiger partial charge in [0, 0.05) is 11.0 Å². The number of anilines is 1. The van der Waals surface area contributed by atoms with Crippen LogP contribution in [0.3, 0.4) is 0 Å². The van der Waals surface area contributed by atoms with Crippen LogP contribution in [0.15, 0.2) is 47.4 Å². The van der Waals surface area contributed by atoms with E-state index in [0.717, 1.165) is 10.6 Å². The van der Waals surface area contributed by atoms with Gasteiger partial charge in [-0.25, -0.2) is 4.68 Å². The Balaban J connectivity index is 1.87. The quantitative estimate of drug-likeness (QED) is 0.655. The zero-order valence-electron chi connectivity index (χ0n) is 15.5. The van der Waals surface area contributed by atoms with Gasteiger partial charge in [-0.15, -0.1) is 16.9 Å². The zero-order valence-corrected chi connectivity index (χ0v) is 16.3. The number of amides is 1. The van der Waals surface area contributed by atoms with E-state index in [-0.39, 0.29) is 11.6 Å². The van der Waals surface area contributed by atoms with Gasteiger partial charge in [0.1, 0.15) is 11.5 Å². The van der Waals surface area contributed by atoms with E-state index in [1.54, 1.807) is 41.8 Å². The maximum absolute atomic E-state index is 12.7. The molecular weight excluding hydrogens is 364 g/mol. The third-order valence-corrected chi connectivity index (χ3v) is 4.79. The van der Waals surface area contributed by atoms with Gasteiger partial charge in [0.15, 0.2) is 5.69 Å². The standard InChI is InChI=1S/C19H20N4O3S/c1-12-18(21-22-23(12)13-6-5-7-15(10-13)27-4)19(24)20-16-9-8-14(25-2)11-17(16)26-3/h5-11H,1-4H3,(H,20,24). The maximum atomic E-state index is 12.7. The molecule has 7 nitrogen and oxygen atoms in total. The van der Waals surface area contributed by atoms with Crippen LogP contribution in [-0.2, 0) is 0 Å². The number of hydrogen-bond acceptors (Lipinski definition) is 6. The average molecular weight is 384 g/mol. The highest BCUT2D eigenvalue weighted by molar-refractivity contribution is 7.98. The topological polar surface area (TPSA) is 78.3 Å². The molecule has 1 N–H and O–H groups in total. The van der Waals surface area contributed by atoms with Crippen LogP contribution in [0.1, 0.15) is 16.2 Å². The minimum Gasteiger partial charge on any atom is -0.497 e. The van der Waals surface area contributed by atoms with Gasteiger partial charge in [0.2, 0.25) is 0 Å². The van der Waals surface area contributed by atoms with Gasteiger partial charge in [0.25, 0.3) is 5.91 Å². The van der Waals surface area contributed by atoms with Gasteiger partial charge >= 0.3 is 0 Å². The van der Waals surface area contributed by atoms with E-state index >= 15 is 0 Å². The maximum Gasteiger partial charge on any atom is 0.278 e. The molecule has 1 amide bonds. The summed E-state index contributed by atoms with van der Waals surface area (Å²) >= 11 is 1.64. The van der Waals surface area contributed by atoms with Gasteiger partial charge in [-0.1, -0.05) is 11.3 Å². The van der Waals surface area contributed by atoms with Crippen molar-refractivity contribution in [1.29, 1.82) is 0 Å². The number of nitrogens with zero attached hydrogens (tertiary/aromatic N) is 3. The summed E-state index contributed by atoms with van der Waals surface area (Å²) in [6.45, 7) is 1.81. The van der Waals surface area contributed by atoms with Crippen molar-refractivity contribution in [3.8, 4) is 17.2 Å². The van der Waals surface area contributed by atoms with E-state index in [9.17, 15) is 4.79 Å². The SMILES string of the molecule is COc1ccc(NC(=O)c2nnn(-c3cccc(SC)c3)c2C)c(OC)c1. The lowest BCUT2D eigenvalue weighted by molar-refractivity contribution is 0.102. The Labute approximate surface area is 161 Å². The number of ether oxygens (including phenoxy) is 2. The molecule has 27 heavy (non-hydrogen) atoms. The molecule has 0 atom stereocenters. The van der Waals surface area contributed by atoms with Gasteiger partial charge in [-0.05, 0) is 43.5 Å². The fraction of sp³-hybridized carbons (Fsp3) is 0.211. The summed E-state index contributed by atoms with van der Waals surface area (Å²) in [5, 5.41) is 11.0. The predicted molar refractivity (Wildman–Crippen MR) is 105 cm³/mol. The largest absolute Gasteiger partial charge is 0.497 e. The van der Waals surface area contributed by atoms with Crippen molar-refractivity contribution in [1.82, 2.24) is 15.0 Å². The van der Waals surface area contributed by atoms with E-state index in [2.05, 4.69) is 15.6 Å². The van der Waals surface area contributed by atoms with Crippen LogP contribution in [0.2, 0.25) is 0 Å². The van der Waals surface area contributed by atoms with Crippen molar-refractivity contribution in [3.63, 3.8) is 0 Å². The second-order valence-electron chi connectivity index (χ2n) is 5.66. The summed E-state index contributed by atoms with van der Waals surface area (Å²) in [5.41, 5.74) is 2.29. The molecule has 0 unspecified atom stereocenters. The summed E-state index contributed by atoms with van der Waals surface area (Å²) in [6, 6.07) is 13.1. The Morgan fingerprint density at radius 1 is 1.15 bits per heavy atom. The van der Waals surface area contributed by atoms with Crippen LogP contribution >= 0.6 is 11.8 Å². The first-order chi connectivity index (χ1) is 13.1. The second-order valence-corrected chi connectivity index (χ2v) is 6.54.